The van der Waals surface area contributed by atoms with E-state index in [1.54, 1.807) is 4.57 Å². The summed E-state index contributed by atoms with van der Waals surface area (Å²) >= 11 is 4.97. The molecular weight excluding hydrogens is 184 g/mol. The van der Waals surface area contributed by atoms with Crippen LogP contribution in [0.3, 0.4) is 0 Å². The van der Waals surface area contributed by atoms with Crippen molar-refractivity contribution in [1.29, 1.82) is 0 Å². The number of anilines is 1. The van der Waals surface area contributed by atoms with Crippen LogP contribution in [0.25, 0.3) is 0 Å². The van der Waals surface area contributed by atoms with Crippen molar-refractivity contribution in [3.63, 3.8) is 0 Å². The molecule has 0 saturated heterocycles. The maximum Gasteiger partial charge on any atom is 0.201 e. The molecule has 0 atom stereocenters. The molecule has 0 aliphatic rings. The van der Waals surface area contributed by atoms with Crippen LogP contribution in [-0.2, 0) is 13.6 Å². The number of nitrogen functional groups attached to an aromatic ring is 1. The van der Waals surface area contributed by atoms with Crippen LogP contribution in [0.2, 0.25) is 0 Å². The quantitative estimate of drug-likeness (QED) is 0.714. The lowest BCUT2D eigenvalue weighted by atomic mass is 10.3. The van der Waals surface area contributed by atoms with Crippen molar-refractivity contribution in [1.82, 2.24) is 14.5 Å². The van der Waals surface area contributed by atoms with Gasteiger partial charge in [0.15, 0.2) is 0 Å². The van der Waals surface area contributed by atoms with Crippen molar-refractivity contribution in [2.75, 3.05) is 19.8 Å². The molecule has 0 aliphatic heterocycles. The first-order valence-electron chi connectivity index (χ1n) is 3.97. The lowest BCUT2D eigenvalue weighted by Crippen LogP contribution is -2.14. The molecule has 72 valence electrons. The topological polar surface area (TPSA) is 47.1 Å². The van der Waals surface area contributed by atoms with Crippen molar-refractivity contribution < 1.29 is 0 Å². The summed E-state index contributed by atoms with van der Waals surface area (Å²) in [7, 11) is 5.84. The molecule has 0 amide bonds. The summed E-state index contributed by atoms with van der Waals surface area (Å²) < 4.78 is 2.31. The number of hydrogen-bond donors (Lipinski definition) is 1. The highest BCUT2D eigenvalue weighted by Gasteiger charge is 2.02. The van der Waals surface area contributed by atoms with E-state index in [1.807, 2.05) is 32.2 Å². The molecule has 0 unspecified atom stereocenters. The van der Waals surface area contributed by atoms with Gasteiger partial charge in [-0.2, -0.15) is 0 Å². The Morgan fingerprint density at radius 1 is 1.62 bits per heavy atom. The SMILES string of the molecule is CN(C)Cc1cn(C)c(=S)nc1N. The largest absolute Gasteiger partial charge is 0.383 e. The van der Waals surface area contributed by atoms with E-state index in [0.29, 0.717) is 10.6 Å². The molecular formula is C8H14N4S. The van der Waals surface area contributed by atoms with Crippen LogP contribution in [0.15, 0.2) is 6.20 Å². The highest BCUT2D eigenvalue weighted by molar-refractivity contribution is 7.71. The van der Waals surface area contributed by atoms with Crippen LogP contribution in [0, 0.1) is 4.77 Å². The van der Waals surface area contributed by atoms with Gasteiger partial charge in [-0.1, -0.05) is 0 Å². The Morgan fingerprint density at radius 2 is 2.23 bits per heavy atom. The minimum absolute atomic E-state index is 0.514. The fourth-order valence-electron chi connectivity index (χ4n) is 1.07. The third-order valence-electron chi connectivity index (χ3n) is 1.68. The Bertz CT molecular complexity index is 356. The second kappa shape index (κ2) is 3.85. The van der Waals surface area contributed by atoms with Crippen molar-refractivity contribution in [3.05, 3.63) is 16.5 Å². The van der Waals surface area contributed by atoms with Crippen LogP contribution >= 0.6 is 12.2 Å². The van der Waals surface area contributed by atoms with Crippen LogP contribution in [0.1, 0.15) is 5.56 Å². The molecule has 0 aliphatic carbocycles. The molecule has 2 N–H and O–H groups in total. The van der Waals surface area contributed by atoms with Crippen molar-refractivity contribution in [3.8, 4) is 0 Å². The van der Waals surface area contributed by atoms with E-state index in [9.17, 15) is 0 Å². The zero-order valence-electron chi connectivity index (χ0n) is 8.11. The first kappa shape index (κ1) is 10.1. The molecule has 0 fully saturated rings. The highest BCUT2D eigenvalue weighted by atomic mass is 32.1. The summed E-state index contributed by atoms with van der Waals surface area (Å²) in [5.41, 5.74) is 6.72. The predicted molar refractivity (Wildman–Crippen MR) is 55.8 cm³/mol. The van der Waals surface area contributed by atoms with Gasteiger partial charge in [-0.05, 0) is 26.3 Å². The van der Waals surface area contributed by atoms with E-state index in [1.165, 1.54) is 0 Å². The zero-order valence-corrected chi connectivity index (χ0v) is 8.93. The Kier molecular flexibility index (Phi) is 3.00. The molecule has 0 spiro atoms. The van der Waals surface area contributed by atoms with Gasteiger partial charge < -0.3 is 15.2 Å². The minimum atomic E-state index is 0.514. The highest BCUT2D eigenvalue weighted by Crippen LogP contribution is 2.08. The number of aryl methyl sites for hydroxylation is 1. The molecule has 1 rings (SSSR count). The zero-order chi connectivity index (χ0) is 10.0. The molecule has 4 nitrogen and oxygen atoms in total. The van der Waals surface area contributed by atoms with E-state index in [-0.39, 0.29) is 0 Å². The molecule has 1 heterocycles. The summed E-state index contributed by atoms with van der Waals surface area (Å²) in [6.45, 7) is 0.780. The summed E-state index contributed by atoms with van der Waals surface area (Å²) in [5, 5.41) is 0. The number of nitrogens with two attached hydrogens (primary N) is 1. The molecule has 0 aromatic carbocycles. The van der Waals surface area contributed by atoms with Crippen LogP contribution in [0.4, 0.5) is 5.82 Å². The average Bonchev–Trinajstić information content (AvgIpc) is 1.99. The molecule has 5 heteroatoms. The van der Waals surface area contributed by atoms with Crippen LogP contribution in [-0.4, -0.2) is 28.5 Å². The third kappa shape index (κ3) is 2.50. The Hall–Kier alpha value is -0.940. The van der Waals surface area contributed by atoms with E-state index in [2.05, 4.69) is 4.98 Å². The van der Waals surface area contributed by atoms with Gasteiger partial charge in [-0.15, -0.1) is 0 Å². The first-order chi connectivity index (χ1) is 6.00. The molecule has 0 saturated carbocycles. The molecule has 0 radical (unpaired) electrons. The van der Waals surface area contributed by atoms with Gasteiger partial charge in [0.1, 0.15) is 5.82 Å². The van der Waals surface area contributed by atoms with Crippen molar-refractivity contribution >= 4 is 18.0 Å². The van der Waals surface area contributed by atoms with E-state index < -0.39 is 0 Å². The number of nitrogens with zero attached hydrogens (tertiary/aromatic N) is 3. The number of hydrogen-bond acceptors (Lipinski definition) is 4. The van der Waals surface area contributed by atoms with Gasteiger partial charge >= 0.3 is 0 Å². The summed E-state index contributed by atoms with van der Waals surface area (Å²) in [6, 6.07) is 0. The van der Waals surface area contributed by atoms with Gasteiger partial charge in [0.05, 0.1) is 0 Å². The predicted octanol–water partition coefficient (Wildman–Crippen LogP) is 0.793. The fraction of sp³-hybridized carbons (Fsp3) is 0.500. The number of rotatable bonds is 2. The summed E-state index contributed by atoms with van der Waals surface area (Å²) in [5.74, 6) is 0.525. The maximum atomic E-state index is 5.72. The molecule has 0 bridgehead atoms. The van der Waals surface area contributed by atoms with Crippen molar-refractivity contribution in [2.45, 2.75) is 6.54 Å². The monoisotopic (exact) mass is 198 g/mol. The third-order valence-corrected chi connectivity index (χ3v) is 2.06. The van der Waals surface area contributed by atoms with Crippen LogP contribution in [0.5, 0.6) is 0 Å². The smallest absolute Gasteiger partial charge is 0.201 e. The Morgan fingerprint density at radius 3 is 2.77 bits per heavy atom. The van der Waals surface area contributed by atoms with Crippen molar-refractivity contribution in [2.24, 2.45) is 7.05 Å². The molecule has 13 heavy (non-hydrogen) atoms. The summed E-state index contributed by atoms with van der Waals surface area (Å²) in [6.07, 6.45) is 1.92. The fourth-order valence-corrected chi connectivity index (χ4v) is 1.22. The minimum Gasteiger partial charge on any atom is -0.383 e. The normalized spacial score (nSPS) is 10.8. The lowest BCUT2D eigenvalue weighted by molar-refractivity contribution is 0.401. The van der Waals surface area contributed by atoms with Gasteiger partial charge in [0.2, 0.25) is 4.77 Å². The van der Waals surface area contributed by atoms with Gasteiger partial charge in [-0.3, -0.25) is 0 Å². The van der Waals surface area contributed by atoms with Crippen LogP contribution < -0.4 is 5.73 Å². The lowest BCUT2D eigenvalue weighted by Gasteiger charge is -2.12. The second-order valence-electron chi connectivity index (χ2n) is 3.28. The summed E-state index contributed by atoms with van der Waals surface area (Å²) in [4.78, 5) is 6.09. The first-order valence-corrected chi connectivity index (χ1v) is 4.38. The number of aromatic nitrogens is 2. The Balaban J connectivity index is 3.08. The van der Waals surface area contributed by atoms with Gasteiger partial charge in [-0.25, -0.2) is 4.98 Å². The van der Waals surface area contributed by atoms with E-state index >= 15 is 0 Å². The molecule has 1 aromatic heterocycles. The second-order valence-corrected chi connectivity index (χ2v) is 3.65. The maximum absolute atomic E-state index is 5.72. The average molecular weight is 198 g/mol. The Labute approximate surface area is 83.0 Å². The van der Waals surface area contributed by atoms with Gasteiger partial charge in [0, 0.05) is 25.4 Å². The standard InChI is InChI=1S/C8H14N4S/c1-11(2)4-6-5-12(3)8(13)10-7(6)9/h5H,4H2,1-3H3,(H2,9,10,13). The van der Waals surface area contributed by atoms with E-state index in [4.69, 9.17) is 18.0 Å². The van der Waals surface area contributed by atoms with E-state index in [0.717, 1.165) is 12.1 Å². The molecule has 1 aromatic rings. The van der Waals surface area contributed by atoms with Gasteiger partial charge in [0.25, 0.3) is 0 Å².